The summed E-state index contributed by atoms with van der Waals surface area (Å²) in [5, 5.41) is 7.89. The van der Waals surface area contributed by atoms with E-state index in [0.29, 0.717) is 24.1 Å². The van der Waals surface area contributed by atoms with Crippen LogP contribution in [-0.2, 0) is 0 Å². The Morgan fingerprint density at radius 3 is 1.00 bits per heavy atom. The summed E-state index contributed by atoms with van der Waals surface area (Å²) in [4.78, 5) is 0. The van der Waals surface area contributed by atoms with Crippen molar-refractivity contribution in [3.8, 4) is 11.5 Å². The van der Waals surface area contributed by atoms with Gasteiger partial charge in [0.1, 0.15) is 17.3 Å². The molecule has 0 heterocycles. The zero-order valence-electron chi connectivity index (χ0n) is 21.0. The van der Waals surface area contributed by atoms with Crippen molar-refractivity contribution in [2.24, 2.45) is 5.73 Å². The minimum absolute atomic E-state index is 0. The van der Waals surface area contributed by atoms with Crippen LogP contribution in [-0.4, -0.2) is 266 Å². The van der Waals surface area contributed by atoms with E-state index in [1.165, 1.54) is 154 Å². The van der Waals surface area contributed by atoms with Gasteiger partial charge in [0, 0.05) is 236 Å². The van der Waals surface area contributed by atoms with Crippen molar-refractivity contribution in [3.63, 3.8) is 0 Å². The second-order valence-corrected chi connectivity index (χ2v) is 92.3. The molecule has 0 aliphatic carbocycles. The normalized spacial score (nSPS) is 10.9. The number of amidine groups is 1. The van der Waals surface area contributed by atoms with Crippen LogP contribution < -0.4 is 14.6 Å². The molecule has 42 heavy (non-hydrogen) atoms. The van der Waals surface area contributed by atoms with Crippen molar-refractivity contribution >= 4 is 279 Å². The molecule has 0 atom stereocenters. The summed E-state index contributed by atoms with van der Waals surface area (Å²) in [5.41, 5.74) is 6.51. The van der Waals surface area contributed by atoms with Gasteiger partial charge in [-0.1, -0.05) is 0 Å². The Morgan fingerprint density at radius 2 is 0.738 bits per heavy atom. The maximum Gasteiger partial charge on any atom is 0.278 e. The van der Waals surface area contributed by atoms with E-state index in [4.69, 9.17) is 20.0 Å². The summed E-state index contributed by atoms with van der Waals surface area (Å²) in [6.45, 7) is 0. The third-order valence-electron chi connectivity index (χ3n) is 3.13. The highest BCUT2D eigenvalue weighted by atomic mass is 35.5. The fourth-order valence-electron chi connectivity index (χ4n) is 1.75. The Morgan fingerprint density at radius 1 is 0.476 bits per heavy atom. The van der Waals surface area contributed by atoms with Crippen LogP contribution in [0.1, 0.15) is 5.56 Å². The van der Waals surface area contributed by atoms with Gasteiger partial charge in [-0.2, -0.15) is 0 Å². The number of nitrogens with one attached hydrogen (secondary N) is 1. The molecule has 0 aliphatic rings. The van der Waals surface area contributed by atoms with Crippen LogP contribution >= 0.6 is 12.4 Å². The third kappa shape index (κ3) is 31.1. The maximum atomic E-state index is 7.89. The first-order valence-electron chi connectivity index (χ1n) is 10.3. The minimum Gasteiger partial charge on any atom is -0.545 e. The summed E-state index contributed by atoms with van der Waals surface area (Å²) in [7, 11) is 39.0. The van der Waals surface area contributed by atoms with Gasteiger partial charge in [-0.15, -0.1) is 12.4 Å². The molecule has 1 rings (SSSR count). The molecule has 0 spiro atoms. The highest BCUT2D eigenvalue weighted by molar-refractivity contribution is 7.74. The Bertz CT molecular complexity index is 703. The molecule has 1 aromatic carbocycles. The lowest BCUT2D eigenvalue weighted by molar-refractivity contribution is 0.581. The zero-order chi connectivity index (χ0) is 29.6. The number of nitrogens with two attached hydrogens (primary N) is 1. The molecule has 0 aromatic heterocycles. The maximum absolute atomic E-state index is 7.89. The fourth-order valence-corrected chi connectivity index (χ4v) is 175. The first kappa shape index (κ1) is 47.1. The van der Waals surface area contributed by atoms with Crippen LogP contribution in [0.5, 0.6) is 11.5 Å². The smallest absolute Gasteiger partial charge is 0.278 e. The predicted octanol–water partition coefficient (Wildman–Crippen LogP) is -10.3. The summed E-state index contributed by atoms with van der Waals surface area (Å²) >= 11 is 0. The number of hydrogen-bond acceptors (Lipinski definition) is 3. The standard InChI is InChI=1S/C7H6N2O2Si30.ClH/c8-7(9)4-1-5(10-14-18-22-26-30-34-38-40-36-32-28-24-20-16-12)3-6(2-4)11-15-19-23-27-31-35-39-41-37-33-29-25-21-17-13;/h1-3H,(H3,8,9);1H. The van der Waals surface area contributed by atoms with E-state index in [1.807, 2.05) is 18.2 Å². The lowest BCUT2D eigenvalue weighted by atomic mass is 10.2. The van der Waals surface area contributed by atoms with E-state index >= 15 is 0 Å². The molecule has 184 valence electrons. The average Bonchev–Trinajstić information content (AvgIpc) is 2.97. The van der Waals surface area contributed by atoms with Gasteiger partial charge >= 0.3 is 0 Å². The Hall–Kier alpha value is 5.09. The SMILES string of the molecule is Cl.N=C(N)c1cc(O[Si][Si][Si][Si][Si][Si][Si][Si][Si][Si][Si][Si][Si][Si][Si])cc(O[Si][Si][Si][Si][Si][Si][Si][Si][Si][Si][Si][Si][Si][Si][Si])c1. The van der Waals surface area contributed by atoms with Crippen molar-refractivity contribution in [2.45, 2.75) is 0 Å². The molecule has 0 fully saturated rings. The molecule has 0 aliphatic heterocycles. The van der Waals surface area contributed by atoms with Crippen molar-refractivity contribution in [1.29, 1.82) is 5.41 Å². The van der Waals surface area contributed by atoms with Gasteiger partial charge in [0.15, 0.2) is 0 Å². The Labute approximate surface area is 329 Å². The van der Waals surface area contributed by atoms with E-state index in [1.54, 1.807) is 0 Å². The third-order valence-corrected chi connectivity index (χ3v) is 127. The summed E-state index contributed by atoms with van der Waals surface area (Å²) in [6.07, 6.45) is 0. The molecule has 35 heteroatoms. The van der Waals surface area contributed by atoms with E-state index in [2.05, 4.69) is 19.5 Å². The Kier molecular flexibility index (Phi) is 41.9. The van der Waals surface area contributed by atoms with Gasteiger partial charge in [0.25, 0.3) is 18.6 Å². The van der Waals surface area contributed by atoms with Gasteiger partial charge < -0.3 is 14.6 Å². The van der Waals surface area contributed by atoms with Gasteiger partial charge in [-0.3, -0.25) is 5.41 Å². The molecular weight excluding hydrogens is 1020 g/mol. The predicted molar refractivity (Wildman–Crippen MR) is 219 cm³/mol. The van der Waals surface area contributed by atoms with Crippen molar-refractivity contribution in [1.82, 2.24) is 0 Å². The van der Waals surface area contributed by atoms with E-state index in [-0.39, 0.29) is 18.2 Å². The lowest BCUT2D eigenvalue weighted by Gasteiger charge is -2.11. The monoisotopic (exact) mass is 1030 g/mol. The summed E-state index contributed by atoms with van der Waals surface area (Å²) in [6, 6.07) is 5.80. The topological polar surface area (TPSA) is 68.3 Å². The number of benzene rings is 1. The molecule has 0 saturated carbocycles. The van der Waals surface area contributed by atoms with E-state index < -0.39 is 0 Å². The summed E-state index contributed by atoms with van der Waals surface area (Å²) in [5.74, 6) is 1.71. The molecule has 0 bridgehead atoms. The largest absolute Gasteiger partial charge is 0.545 e. The van der Waals surface area contributed by atoms with Crippen LogP contribution in [0.3, 0.4) is 0 Å². The number of halogens is 1. The second-order valence-electron chi connectivity index (χ2n) is 5.77. The molecule has 1 aromatic rings. The molecule has 0 amide bonds. The quantitative estimate of drug-likeness (QED) is 0.0337. The van der Waals surface area contributed by atoms with Crippen molar-refractivity contribution in [2.75, 3.05) is 0 Å². The molecule has 62 radical (unpaired) electrons. The molecule has 4 nitrogen and oxygen atoms in total. The molecular formula is C7H7ClN2O2Si30. The van der Waals surface area contributed by atoms with Crippen molar-refractivity contribution in [3.05, 3.63) is 23.8 Å². The first-order valence-corrected chi connectivity index (χ1v) is 67.2. The first-order chi connectivity index (χ1) is 20.2. The minimum atomic E-state index is 0. The fraction of sp³-hybridized carbons (Fsp3) is 0. The zero-order valence-corrected chi connectivity index (χ0v) is 51.9. The number of nitrogen functional groups attached to an aromatic ring is 1. The van der Waals surface area contributed by atoms with E-state index in [9.17, 15) is 0 Å². The highest BCUT2D eigenvalue weighted by Crippen LogP contribution is 2.22. The van der Waals surface area contributed by atoms with Crippen LogP contribution in [0.4, 0.5) is 0 Å². The van der Waals surface area contributed by atoms with Gasteiger partial charge in [-0.25, -0.2) is 0 Å². The van der Waals surface area contributed by atoms with Crippen LogP contribution in [0.15, 0.2) is 18.2 Å². The van der Waals surface area contributed by atoms with Gasteiger partial charge in [-0.05, 0) is 12.1 Å². The van der Waals surface area contributed by atoms with Gasteiger partial charge in [0.05, 0.1) is 17.1 Å². The lowest BCUT2D eigenvalue weighted by Crippen LogP contribution is -2.35. The highest BCUT2D eigenvalue weighted by Gasteiger charge is 2.08. The second kappa shape index (κ2) is 37.3. The average molecular weight is 1030 g/mol. The van der Waals surface area contributed by atoms with Crippen molar-refractivity contribution < 1.29 is 8.85 Å². The van der Waals surface area contributed by atoms with E-state index in [0.717, 1.165) is 79.9 Å². The molecule has 0 saturated heterocycles. The molecule has 3 N–H and O–H groups in total. The molecule has 0 unspecified atom stereocenters. The van der Waals surface area contributed by atoms with Crippen LogP contribution in [0.25, 0.3) is 0 Å². The number of hydrogen-bond donors (Lipinski definition) is 2. The summed E-state index contributed by atoms with van der Waals surface area (Å²) < 4.78 is 12.2. The Balaban J connectivity index is 0.0000168. The van der Waals surface area contributed by atoms with Crippen LogP contribution in [0, 0.1) is 5.41 Å². The number of rotatable bonds is 31. The van der Waals surface area contributed by atoms with Gasteiger partial charge in [0.2, 0.25) is 0 Å². The van der Waals surface area contributed by atoms with Crippen LogP contribution in [0.2, 0.25) is 0 Å².